The lowest BCUT2D eigenvalue weighted by Crippen LogP contribution is -2.34. The van der Waals surface area contributed by atoms with Crippen LogP contribution in [0.5, 0.6) is 0 Å². The van der Waals surface area contributed by atoms with Crippen LogP contribution in [0.3, 0.4) is 0 Å². The second kappa shape index (κ2) is 11.0. The molecule has 0 aliphatic heterocycles. The van der Waals surface area contributed by atoms with Gasteiger partial charge in [-0.3, -0.25) is 9.89 Å². The van der Waals surface area contributed by atoms with Crippen LogP contribution in [-0.2, 0) is 27.5 Å². The van der Waals surface area contributed by atoms with Gasteiger partial charge in [-0.1, -0.05) is 30.3 Å². The summed E-state index contributed by atoms with van der Waals surface area (Å²) in [5, 5.41) is 7.19. The zero-order valence-corrected chi connectivity index (χ0v) is 18.9. The van der Waals surface area contributed by atoms with Crippen LogP contribution in [0.25, 0.3) is 11.3 Å². The van der Waals surface area contributed by atoms with E-state index in [1.54, 1.807) is 19.2 Å². The standard InChI is InChI=1S/C24H28FN3O3S/c1-28(24(29)18-32(30,31)16-6-9-19-7-3-2-4-8-19)15-5-10-22-17-23(27-26-22)20-11-13-21(25)14-12-20/h2-4,7-8,11-14,17H,5-6,9-10,15-16,18H2,1H3,(H,26,27). The maximum absolute atomic E-state index is 13.1. The summed E-state index contributed by atoms with van der Waals surface area (Å²) in [6.45, 7) is 0.448. The van der Waals surface area contributed by atoms with Crippen LogP contribution in [0.2, 0.25) is 0 Å². The van der Waals surface area contributed by atoms with Crippen molar-refractivity contribution in [3.63, 3.8) is 0 Å². The summed E-state index contributed by atoms with van der Waals surface area (Å²) in [5.41, 5.74) is 3.54. The molecule has 0 saturated carbocycles. The zero-order chi connectivity index (χ0) is 23.0. The van der Waals surface area contributed by atoms with Crippen molar-refractivity contribution in [1.29, 1.82) is 0 Å². The van der Waals surface area contributed by atoms with Crippen molar-refractivity contribution >= 4 is 15.7 Å². The quantitative estimate of drug-likeness (QED) is 0.476. The molecule has 2 aromatic carbocycles. The average Bonchev–Trinajstić information content (AvgIpc) is 3.23. The molecule has 0 fully saturated rings. The molecular formula is C24H28FN3O3S. The van der Waals surface area contributed by atoms with Crippen molar-refractivity contribution in [1.82, 2.24) is 15.1 Å². The number of carbonyl (C=O) groups is 1. The second-order valence-electron chi connectivity index (χ2n) is 7.89. The fourth-order valence-electron chi connectivity index (χ4n) is 3.40. The smallest absolute Gasteiger partial charge is 0.237 e. The third-order valence-corrected chi connectivity index (χ3v) is 6.84. The molecule has 0 radical (unpaired) electrons. The number of benzene rings is 2. The van der Waals surface area contributed by atoms with Gasteiger partial charge < -0.3 is 4.90 Å². The third kappa shape index (κ3) is 7.30. The Morgan fingerprint density at radius 3 is 2.47 bits per heavy atom. The van der Waals surface area contributed by atoms with Gasteiger partial charge in [-0.25, -0.2) is 12.8 Å². The van der Waals surface area contributed by atoms with Crippen molar-refractivity contribution in [3.8, 4) is 11.3 Å². The summed E-state index contributed by atoms with van der Waals surface area (Å²) in [7, 11) is -1.81. The van der Waals surface area contributed by atoms with E-state index in [4.69, 9.17) is 0 Å². The van der Waals surface area contributed by atoms with Crippen molar-refractivity contribution in [2.24, 2.45) is 0 Å². The number of nitrogens with zero attached hydrogens (tertiary/aromatic N) is 2. The summed E-state index contributed by atoms with van der Waals surface area (Å²) in [6, 6.07) is 17.7. The first kappa shape index (κ1) is 23.7. The van der Waals surface area contributed by atoms with Crippen LogP contribution in [0.4, 0.5) is 4.39 Å². The number of hydrogen-bond acceptors (Lipinski definition) is 4. The SMILES string of the molecule is CN(CCCc1cc(-c2ccc(F)cc2)n[nH]1)C(=O)CS(=O)(=O)CCCc1ccccc1. The van der Waals surface area contributed by atoms with Gasteiger partial charge in [0.15, 0.2) is 9.84 Å². The number of sulfone groups is 1. The minimum atomic E-state index is -3.44. The Labute approximate surface area is 188 Å². The van der Waals surface area contributed by atoms with E-state index in [2.05, 4.69) is 10.2 Å². The molecule has 3 aromatic rings. The average molecular weight is 458 g/mol. The fourth-order valence-corrected chi connectivity index (χ4v) is 4.73. The van der Waals surface area contributed by atoms with Crippen molar-refractivity contribution in [2.45, 2.75) is 25.7 Å². The van der Waals surface area contributed by atoms with Gasteiger partial charge in [0.25, 0.3) is 0 Å². The molecule has 0 bridgehead atoms. The number of carbonyl (C=O) groups excluding carboxylic acids is 1. The number of H-pyrrole nitrogens is 1. The van der Waals surface area contributed by atoms with Gasteiger partial charge in [-0.2, -0.15) is 5.10 Å². The van der Waals surface area contributed by atoms with E-state index >= 15 is 0 Å². The minimum absolute atomic E-state index is 0.00177. The molecule has 170 valence electrons. The van der Waals surface area contributed by atoms with Gasteiger partial charge in [-0.05, 0) is 61.6 Å². The lowest BCUT2D eigenvalue weighted by Gasteiger charge is -2.17. The first-order valence-electron chi connectivity index (χ1n) is 10.6. The number of nitrogens with one attached hydrogen (secondary N) is 1. The van der Waals surface area contributed by atoms with E-state index in [1.165, 1.54) is 17.0 Å². The molecule has 1 N–H and O–H groups in total. The molecule has 0 atom stereocenters. The molecular weight excluding hydrogens is 429 g/mol. The third-order valence-electron chi connectivity index (χ3n) is 5.24. The van der Waals surface area contributed by atoms with Crippen LogP contribution in [0.1, 0.15) is 24.1 Å². The van der Waals surface area contributed by atoms with Crippen LogP contribution in [0.15, 0.2) is 60.7 Å². The number of aryl methyl sites for hydroxylation is 2. The topological polar surface area (TPSA) is 83.1 Å². The van der Waals surface area contributed by atoms with Crippen molar-refractivity contribution in [3.05, 3.63) is 77.7 Å². The molecule has 0 aliphatic carbocycles. The fraction of sp³-hybridized carbons (Fsp3) is 0.333. The molecule has 0 spiro atoms. The number of halogens is 1. The van der Waals surface area contributed by atoms with Gasteiger partial charge >= 0.3 is 0 Å². The highest BCUT2D eigenvalue weighted by Crippen LogP contribution is 2.18. The normalized spacial score (nSPS) is 11.4. The summed E-state index contributed by atoms with van der Waals surface area (Å²) in [6.07, 6.45) is 2.50. The van der Waals surface area contributed by atoms with Gasteiger partial charge in [0.2, 0.25) is 5.91 Å². The van der Waals surface area contributed by atoms with E-state index in [0.29, 0.717) is 32.2 Å². The highest BCUT2D eigenvalue weighted by molar-refractivity contribution is 7.92. The first-order chi connectivity index (χ1) is 15.3. The maximum atomic E-state index is 13.1. The molecule has 8 heteroatoms. The molecule has 3 rings (SSSR count). The number of amides is 1. The molecule has 1 amide bonds. The summed E-state index contributed by atoms with van der Waals surface area (Å²) < 4.78 is 37.7. The molecule has 0 aliphatic rings. The number of aromatic amines is 1. The van der Waals surface area contributed by atoms with Gasteiger partial charge in [0, 0.05) is 24.8 Å². The Kier molecular flexibility index (Phi) is 8.16. The van der Waals surface area contributed by atoms with Crippen LogP contribution >= 0.6 is 0 Å². The Hall–Kier alpha value is -3.00. The highest BCUT2D eigenvalue weighted by Gasteiger charge is 2.19. The summed E-state index contributed by atoms with van der Waals surface area (Å²) >= 11 is 0. The Bertz CT molecular complexity index is 1110. The van der Waals surface area contributed by atoms with E-state index in [0.717, 1.165) is 22.5 Å². The summed E-state index contributed by atoms with van der Waals surface area (Å²) in [5.74, 6) is -1.14. The lowest BCUT2D eigenvalue weighted by molar-refractivity contribution is -0.127. The lowest BCUT2D eigenvalue weighted by atomic mass is 10.1. The van der Waals surface area contributed by atoms with Crippen LogP contribution < -0.4 is 0 Å². The molecule has 0 unspecified atom stereocenters. The number of hydrogen-bond donors (Lipinski definition) is 1. The Balaban J connectivity index is 1.40. The number of aromatic nitrogens is 2. The van der Waals surface area contributed by atoms with E-state index in [1.807, 2.05) is 36.4 Å². The highest BCUT2D eigenvalue weighted by atomic mass is 32.2. The van der Waals surface area contributed by atoms with E-state index < -0.39 is 15.6 Å². The van der Waals surface area contributed by atoms with Crippen LogP contribution in [0, 0.1) is 5.82 Å². The second-order valence-corrected chi connectivity index (χ2v) is 10.1. The molecule has 1 aromatic heterocycles. The largest absolute Gasteiger partial charge is 0.345 e. The Morgan fingerprint density at radius 1 is 1.03 bits per heavy atom. The van der Waals surface area contributed by atoms with E-state index in [9.17, 15) is 17.6 Å². The van der Waals surface area contributed by atoms with Crippen molar-refractivity contribution < 1.29 is 17.6 Å². The van der Waals surface area contributed by atoms with Crippen LogP contribution in [-0.4, -0.2) is 54.5 Å². The Morgan fingerprint density at radius 2 is 1.75 bits per heavy atom. The molecule has 1 heterocycles. The first-order valence-corrected chi connectivity index (χ1v) is 12.4. The van der Waals surface area contributed by atoms with E-state index in [-0.39, 0.29) is 17.5 Å². The number of rotatable bonds is 11. The predicted octanol–water partition coefficient (Wildman–Crippen LogP) is 3.65. The molecule has 6 nitrogen and oxygen atoms in total. The summed E-state index contributed by atoms with van der Waals surface area (Å²) in [4.78, 5) is 13.8. The molecule has 0 saturated heterocycles. The van der Waals surface area contributed by atoms with Gasteiger partial charge in [-0.15, -0.1) is 0 Å². The molecule has 32 heavy (non-hydrogen) atoms. The minimum Gasteiger partial charge on any atom is -0.345 e. The zero-order valence-electron chi connectivity index (χ0n) is 18.1. The monoisotopic (exact) mass is 457 g/mol. The predicted molar refractivity (Wildman–Crippen MR) is 123 cm³/mol. The van der Waals surface area contributed by atoms with Gasteiger partial charge in [0.05, 0.1) is 11.4 Å². The van der Waals surface area contributed by atoms with Crippen molar-refractivity contribution in [2.75, 3.05) is 25.1 Å². The maximum Gasteiger partial charge on any atom is 0.237 e. The van der Waals surface area contributed by atoms with Gasteiger partial charge in [0.1, 0.15) is 11.6 Å².